The van der Waals surface area contributed by atoms with Crippen LogP contribution in [0.3, 0.4) is 0 Å². The molecular formula is C15H19N3O2. The third-order valence-corrected chi connectivity index (χ3v) is 4.30. The molecule has 2 N–H and O–H groups in total. The van der Waals surface area contributed by atoms with E-state index in [9.17, 15) is 9.59 Å². The van der Waals surface area contributed by atoms with Gasteiger partial charge in [-0.05, 0) is 38.9 Å². The molecule has 5 heteroatoms. The Hall–Kier alpha value is -1.88. The molecule has 1 fully saturated rings. The minimum absolute atomic E-state index is 0.158. The zero-order valence-electron chi connectivity index (χ0n) is 11.8. The number of hydrogen-bond donors (Lipinski definition) is 1. The summed E-state index contributed by atoms with van der Waals surface area (Å²) in [4.78, 5) is 28.3. The van der Waals surface area contributed by atoms with Crippen LogP contribution in [0.5, 0.6) is 0 Å². The minimum atomic E-state index is -0.265. The lowest BCUT2D eigenvalue weighted by Gasteiger charge is -2.27. The molecule has 2 aliphatic rings. The highest BCUT2D eigenvalue weighted by molar-refractivity contribution is 6.23. The van der Waals surface area contributed by atoms with Gasteiger partial charge in [-0.1, -0.05) is 6.07 Å². The summed E-state index contributed by atoms with van der Waals surface area (Å²) in [6.45, 7) is 2.46. The van der Waals surface area contributed by atoms with E-state index in [0.717, 1.165) is 0 Å². The average molecular weight is 273 g/mol. The molecule has 1 unspecified atom stereocenters. The van der Waals surface area contributed by atoms with Gasteiger partial charge in [0.05, 0.1) is 11.1 Å². The molecule has 0 aromatic heterocycles. The Labute approximate surface area is 118 Å². The summed E-state index contributed by atoms with van der Waals surface area (Å²) in [5, 5.41) is 0. The van der Waals surface area contributed by atoms with Crippen molar-refractivity contribution in [3.8, 4) is 0 Å². The predicted octanol–water partition coefficient (Wildman–Crippen LogP) is 1.35. The molecule has 1 heterocycles. The van der Waals surface area contributed by atoms with Crippen molar-refractivity contribution in [1.82, 2.24) is 9.80 Å². The van der Waals surface area contributed by atoms with Gasteiger partial charge in [-0.25, -0.2) is 0 Å². The van der Waals surface area contributed by atoms with Crippen molar-refractivity contribution in [2.24, 2.45) is 0 Å². The third-order valence-electron chi connectivity index (χ3n) is 4.30. The maximum absolute atomic E-state index is 12.4. The topological polar surface area (TPSA) is 66.6 Å². The average Bonchev–Trinajstić information content (AvgIpc) is 3.23. The van der Waals surface area contributed by atoms with Crippen LogP contribution in [0.2, 0.25) is 0 Å². The Kier molecular flexibility index (Phi) is 3.01. The van der Waals surface area contributed by atoms with Crippen LogP contribution in [-0.2, 0) is 0 Å². The van der Waals surface area contributed by atoms with Crippen molar-refractivity contribution in [1.29, 1.82) is 0 Å². The Morgan fingerprint density at radius 2 is 2.05 bits per heavy atom. The second kappa shape index (κ2) is 4.59. The van der Waals surface area contributed by atoms with Gasteiger partial charge in [-0.15, -0.1) is 0 Å². The fraction of sp³-hybridized carbons (Fsp3) is 0.467. The molecule has 1 aliphatic heterocycles. The van der Waals surface area contributed by atoms with Crippen LogP contribution < -0.4 is 5.73 Å². The Morgan fingerprint density at radius 3 is 2.65 bits per heavy atom. The van der Waals surface area contributed by atoms with Gasteiger partial charge < -0.3 is 5.73 Å². The highest BCUT2D eigenvalue weighted by Crippen LogP contribution is 2.30. The summed E-state index contributed by atoms with van der Waals surface area (Å²) in [6.07, 6.45) is 2.41. The molecule has 5 nitrogen and oxygen atoms in total. The number of benzene rings is 1. The largest absolute Gasteiger partial charge is 0.398 e. The second-order valence-corrected chi connectivity index (χ2v) is 5.74. The molecule has 1 aliphatic carbocycles. The number of fused-ring (bicyclic) bond motifs is 1. The van der Waals surface area contributed by atoms with E-state index in [1.54, 1.807) is 18.2 Å². The van der Waals surface area contributed by atoms with E-state index in [2.05, 4.69) is 11.9 Å². The normalized spacial score (nSPS) is 19.6. The van der Waals surface area contributed by atoms with Gasteiger partial charge in [0, 0.05) is 24.3 Å². The fourth-order valence-corrected chi connectivity index (χ4v) is 2.76. The van der Waals surface area contributed by atoms with Crippen molar-refractivity contribution >= 4 is 17.5 Å². The number of carbonyl (C=O) groups excluding carboxylic acids is 2. The van der Waals surface area contributed by atoms with Gasteiger partial charge in [0.2, 0.25) is 0 Å². The quantitative estimate of drug-likeness (QED) is 0.664. The van der Waals surface area contributed by atoms with Crippen LogP contribution >= 0.6 is 0 Å². The summed E-state index contributed by atoms with van der Waals surface area (Å²) in [5.41, 5.74) is 6.99. The summed E-state index contributed by atoms with van der Waals surface area (Å²) < 4.78 is 0. The highest BCUT2D eigenvalue weighted by Gasteiger charge is 2.39. The standard InChI is InChI=1S/C15H19N3O2/c1-9(17(2)10-6-7-10)8-18-14(19)11-4-3-5-12(16)13(11)15(18)20/h3-5,9-10H,6-8,16H2,1-2H3. The first-order chi connectivity index (χ1) is 9.50. The number of imide groups is 1. The Bertz CT molecular complexity index is 580. The molecule has 3 rings (SSSR count). The van der Waals surface area contributed by atoms with Crippen LogP contribution in [0.4, 0.5) is 5.69 Å². The molecule has 2 amide bonds. The van der Waals surface area contributed by atoms with Gasteiger partial charge in [0.1, 0.15) is 0 Å². The summed E-state index contributed by atoms with van der Waals surface area (Å²) in [5.74, 6) is -0.493. The van der Waals surface area contributed by atoms with Crippen LogP contribution in [-0.4, -0.2) is 47.3 Å². The zero-order chi connectivity index (χ0) is 14.4. The number of nitrogen functional groups attached to an aromatic ring is 1. The fourth-order valence-electron chi connectivity index (χ4n) is 2.76. The van der Waals surface area contributed by atoms with Crippen LogP contribution in [0, 0.1) is 0 Å². The van der Waals surface area contributed by atoms with Crippen molar-refractivity contribution in [2.75, 3.05) is 19.3 Å². The molecular weight excluding hydrogens is 254 g/mol. The number of rotatable bonds is 4. The van der Waals surface area contributed by atoms with Crippen molar-refractivity contribution in [3.05, 3.63) is 29.3 Å². The Morgan fingerprint density at radius 1 is 1.35 bits per heavy atom. The molecule has 1 aromatic carbocycles. The van der Waals surface area contributed by atoms with Crippen LogP contribution in [0.15, 0.2) is 18.2 Å². The lowest BCUT2D eigenvalue weighted by Crippen LogP contribution is -2.43. The summed E-state index contributed by atoms with van der Waals surface area (Å²) in [6, 6.07) is 5.80. The lowest BCUT2D eigenvalue weighted by molar-refractivity contribution is 0.0607. The van der Waals surface area contributed by atoms with Crippen LogP contribution in [0.1, 0.15) is 40.5 Å². The molecule has 0 radical (unpaired) electrons. The summed E-state index contributed by atoms with van der Waals surface area (Å²) >= 11 is 0. The predicted molar refractivity (Wildman–Crippen MR) is 76.5 cm³/mol. The van der Waals surface area contributed by atoms with Crippen molar-refractivity contribution in [3.63, 3.8) is 0 Å². The van der Waals surface area contributed by atoms with Gasteiger partial charge in [-0.2, -0.15) is 0 Å². The molecule has 1 aromatic rings. The van der Waals surface area contributed by atoms with E-state index in [-0.39, 0.29) is 17.9 Å². The number of nitrogens with two attached hydrogens (primary N) is 1. The van der Waals surface area contributed by atoms with Crippen LogP contribution in [0.25, 0.3) is 0 Å². The minimum Gasteiger partial charge on any atom is -0.398 e. The van der Waals surface area contributed by atoms with Gasteiger partial charge >= 0.3 is 0 Å². The van der Waals surface area contributed by atoms with E-state index >= 15 is 0 Å². The van der Waals surface area contributed by atoms with E-state index in [1.165, 1.54) is 17.7 Å². The molecule has 20 heavy (non-hydrogen) atoms. The first-order valence-electron chi connectivity index (χ1n) is 6.97. The number of anilines is 1. The van der Waals surface area contributed by atoms with E-state index in [0.29, 0.717) is 29.4 Å². The van der Waals surface area contributed by atoms with Crippen molar-refractivity contribution < 1.29 is 9.59 Å². The molecule has 0 saturated heterocycles. The van der Waals surface area contributed by atoms with Gasteiger partial charge in [0.15, 0.2) is 0 Å². The maximum Gasteiger partial charge on any atom is 0.263 e. The number of carbonyl (C=O) groups is 2. The second-order valence-electron chi connectivity index (χ2n) is 5.74. The molecule has 1 saturated carbocycles. The van der Waals surface area contributed by atoms with E-state index in [1.807, 2.05) is 6.92 Å². The molecule has 0 bridgehead atoms. The maximum atomic E-state index is 12.4. The van der Waals surface area contributed by atoms with Crippen molar-refractivity contribution in [2.45, 2.75) is 31.8 Å². The lowest BCUT2D eigenvalue weighted by atomic mass is 10.1. The van der Waals surface area contributed by atoms with E-state index in [4.69, 9.17) is 5.73 Å². The first-order valence-corrected chi connectivity index (χ1v) is 6.97. The van der Waals surface area contributed by atoms with E-state index < -0.39 is 0 Å². The monoisotopic (exact) mass is 273 g/mol. The number of nitrogens with zero attached hydrogens (tertiary/aromatic N) is 2. The smallest absolute Gasteiger partial charge is 0.263 e. The molecule has 106 valence electrons. The highest BCUT2D eigenvalue weighted by atomic mass is 16.2. The number of amides is 2. The van der Waals surface area contributed by atoms with Gasteiger partial charge in [0.25, 0.3) is 11.8 Å². The third kappa shape index (κ3) is 1.98. The summed E-state index contributed by atoms with van der Waals surface area (Å²) in [7, 11) is 2.05. The Balaban J connectivity index is 1.81. The van der Waals surface area contributed by atoms with Gasteiger partial charge in [-0.3, -0.25) is 19.4 Å². The number of hydrogen-bond acceptors (Lipinski definition) is 4. The molecule has 0 spiro atoms. The first kappa shape index (κ1) is 13.1. The number of likely N-dealkylation sites (N-methyl/N-ethyl adjacent to an activating group) is 1. The SMILES string of the molecule is CC(CN1C(=O)c2cccc(N)c2C1=O)N(C)C1CC1. The zero-order valence-corrected chi connectivity index (χ0v) is 11.8. The molecule has 1 atom stereocenters.